The number of carbonyl (C=O) groups is 2. The Bertz CT molecular complexity index is 1100. The number of nitrogens with zero attached hydrogens (tertiary/aromatic N) is 1. The third kappa shape index (κ3) is 6.80. The molecular weight excluding hydrogens is 428 g/mol. The fraction of sp³-hybridized carbons (Fsp3) is 0.192. The van der Waals surface area contributed by atoms with E-state index in [1.165, 1.54) is 50.2 Å². The number of hydrogen-bond donors (Lipinski definition) is 0. The molecule has 5 nitrogen and oxygen atoms in total. The van der Waals surface area contributed by atoms with Crippen molar-refractivity contribution >= 4 is 17.7 Å². The van der Waals surface area contributed by atoms with Crippen LogP contribution in [0, 0.1) is 11.6 Å². The van der Waals surface area contributed by atoms with Crippen LogP contribution in [0.4, 0.5) is 8.78 Å². The lowest BCUT2D eigenvalue weighted by Gasteiger charge is -2.25. The molecule has 0 unspecified atom stereocenters. The van der Waals surface area contributed by atoms with Gasteiger partial charge in [-0.05, 0) is 29.8 Å². The van der Waals surface area contributed by atoms with E-state index in [4.69, 9.17) is 14.5 Å². The summed E-state index contributed by atoms with van der Waals surface area (Å²) in [5, 5.41) is 0. The van der Waals surface area contributed by atoms with Crippen molar-refractivity contribution in [2.75, 3.05) is 6.61 Å². The Labute approximate surface area is 190 Å². The monoisotopic (exact) mass is 451 g/mol. The Morgan fingerprint density at radius 1 is 0.818 bits per heavy atom. The molecule has 0 aromatic heterocycles. The van der Waals surface area contributed by atoms with Crippen molar-refractivity contribution in [2.45, 2.75) is 26.0 Å². The molecule has 0 amide bonds. The number of esters is 2. The van der Waals surface area contributed by atoms with Crippen molar-refractivity contribution in [3.8, 4) is 0 Å². The molecule has 0 radical (unpaired) electrons. The third-order valence-corrected chi connectivity index (χ3v) is 4.73. The molecule has 0 aliphatic carbocycles. The van der Waals surface area contributed by atoms with E-state index in [2.05, 4.69) is 0 Å². The third-order valence-electron chi connectivity index (χ3n) is 4.73. The number of carbonyl (C=O) groups excluding carboxylic acids is 2. The number of ether oxygens (including phenoxy) is 2. The van der Waals surface area contributed by atoms with E-state index >= 15 is 0 Å². The van der Waals surface area contributed by atoms with E-state index in [9.17, 15) is 18.4 Å². The van der Waals surface area contributed by atoms with Gasteiger partial charge in [-0.1, -0.05) is 54.6 Å². The number of halogens is 2. The fourth-order valence-electron chi connectivity index (χ4n) is 3.35. The average molecular weight is 451 g/mol. The van der Waals surface area contributed by atoms with Gasteiger partial charge in [0.2, 0.25) is 0 Å². The number of aliphatic imine (C=N–C) groups is 1. The van der Waals surface area contributed by atoms with Gasteiger partial charge < -0.3 is 9.47 Å². The molecule has 0 heterocycles. The van der Waals surface area contributed by atoms with Gasteiger partial charge in [0.15, 0.2) is 6.10 Å². The number of hydrogen-bond acceptors (Lipinski definition) is 5. The van der Waals surface area contributed by atoms with Crippen molar-refractivity contribution in [3.05, 3.63) is 107 Å². The normalized spacial score (nSPS) is 12.4. The van der Waals surface area contributed by atoms with Gasteiger partial charge >= 0.3 is 11.9 Å². The molecule has 33 heavy (non-hydrogen) atoms. The van der Waals surface area contributed by atoms with Crippen LogP contribution in [0.25, 0.3) is 0 Å². The molecule has 0 spiro atoms. The van der Waals surface area contributed by atoms with Gasteiger partial charge in [-0.2, -0.15) is 0 Å². The first-order chi connectivity index (χ1) is 15.8. The summed E-state index contributed by atoms with van der Waals surface area (Å²) in [5.74, 6) is -2.09. The summed E-state index contributed by atoms with van der Waals surface area (Å²) in [5.41, 5.74) is 1.79. The molecule has 7 heteroatoms. The van der Waals surface area contributed by atoms with Crippen molar-refractivity contribution in [3.63, 3.8) is 0 Å². The Balaban J connectivity index is 2.20. The van der Waals surface area contributed by atoms with Gasteiger partial charge in [-0.15, -0.1) is 0 Å². The van der Waals surface area contributed by atoms with E-state index in [-0.39, 0.29) is 6.61 Å². The zero-order chi connectivity index (χ0) is 23.8. The number of benzene rings is 3. The Morgan fingerprint density at radius 3 is 1.88 bits per heavy atom. The highest BCUT2D eigenvalue weighted by molar-refractivity contribution is 6.13. The van der Waals surface area contributed by atoms with Gasteiger partial charge in [0.1, 0.15) is 24.3 Å². The highest BCUT2D eigenvalue weighted by atomic mass is 19.1. The van der Waals surface area contributed by atoms with E-state index in [0.29, 0.717) is 22.4 Å². The molecule has 3 aromatic rings. The lowest BCUT2D eigenvalue weighted by molar-refractivity contribution is -0.157. The summed E-state index contributed by atoms with van der Waals surface area (Å²) in [6.07, 6.45) is -0.967. The van der Waals surface area contributed by atoms with E-state index in [1.54, 1.807) is 36.4 Å². The van der Waals surface area contributed by atoms with Gasteiger partial charge in [0.25, 0.3) is 0 Å². The maximum Gasteiger partial charge on any atom is 0.303 e. The molecule has 170 valence electrons. The highest BCUT2D eigenvalue weighted by Gasteiger charge is 2.28. The Kier molecular flexibility index (Phi) is 8.02. The first-order valence-corrected chi connectivity index (χ1v) is 10.3. The van der Waals surface area contributed by atoms with Crippen LogP contribution in [0.3, 0.4) is 0 Å². The molecule has 0 bridgehead atoms. The topological polar surface area (TPSA) is 65.0 Å². The van der Waals surface area contributed by atoms with E-state index in [1.807, 2.05) is 6.07 Å². The quantitative estimate of drug-likeness (QED) is 0.356. The number of rotatable bonds is 8. The molecule has 0 N–H and O–H groups in total. The second-order valence-corrected chi connectivity index (χ2v) is 7.30. The van der Waals surface area contributed by atoms with Crippen LogP contribution in [0.5, 0.6) is 0 Å². The smallest absolute Gasteiger partial charge is 0.303 e. The standard InChI is InChI=1S/C26H23F2NO4/c1-17(30)32-16-24(33-18(2)31)26(19-8-4-3-5-9-19)29-25(20-10-6-12-22(27)14-20)21-11-7-13-23(28)15-21/h3-15,24,26H,16H2,1-2H3/t24-,26+/m1/s1. The van der Waals surface area contributed by atoms with Gasteiger partial charge in [0.05, 0.1) is 5.71 Å². The molecule has 0 aliphatic heterocycles. The Hall–Kier alpha value is -3.87. The van der Waals surface area contributed by atoms with Crippen molar-refractivity contribution in [1.82, 2.24) is 0 Å². The minimum atomic E-state index is -0.967. The summed E-state index contributed by atoms with van der Waals surface area (Å²) >= 11 is 0. The van der Waals surface area contributed by atoms with Crippen LogP contribution in [0.15, 0.2) is 83.9 Å². The summed E-state index contributed by atoms with van der Waals surface area (Å²) in [4.78, 5) is 28.1. The molecule has 0 fully saturated rings. The summed E-state index contributed by atoms with van der Waals surface area (Å²) < 4.78 is 38.7. The van der Waals surface area contributed by atoms with Crippen LogP contribution in [-0.2, 0) is 19.1 Å². The Morgan fingerprint density at radius 2 is 1.39 bits per heavy atom. The first kappa shape index (κ1) is 23.8. The van der Waals surface area contributed by atoms with Crippen molar-refractivity contribution in [2.24, 2.45) is 4.99 Å². The summed E-state index contributed by atoms with van der Waals surface area (Å²) in [7, 11) is 0. The second-order valence-electron chi connectivity index (χ2n) is 7.30. The maximum absolute atomic E-state index is 14.1. The largest absolute Gasteiger partial charge is 0.462 e. The molecule has 0 aliphatic rings. The van der Waals surface area contributed by atoms with Crippen LogP contribution in [0.2, 0.25) is 0 Å². The average Bonchev–Trinajstić information content (AvgIpc) is 2.78. The molecule has 3 rings (SSSR count). The van der Waals surface area contributed by atoms with Crippen LogP contribution in [-0.4, -0.2) is 30.4 Å². The first-order valence-electron chi connectivity index (χ1n) is 10.3. The fourth-order valence-corrected chi connectivity index (χ4v) is 3.35. The van der Waals surface area contributed by atoms with Crippen LogP contribution >= 0.6 is 0 Å². The predicted molar refractivity (Wildman–Crippen MR) is 120 cm³/mol. The van der Waals surface area contributed by atoms with Crippen LogP contribution in [0.1, 0.15) is 36.6 Å². The molecule has 0 saturated carbocycles. The lowest BCUT2D eigenvalue weighted by Crippen LogP contribution is -2.30. The minimum absolute atomic E-state index is 0.239. The molecule has 3 aromatic carbocycles. The predicted octanol–water partition coefficient (Wildman–Crippen LogP) is 5.04. The van der Waals surface area contributed by atoms with Crippen molar-refractivity contribution < 1.29 is 27.8 Å². The highest BCUT2D eigenvalue weighted by Crippen LogP contribution is 2.27. The lowest BCUT2D eigenvalue weighted by atomic mass is 9.98. The molecule has 2 atom stereocenters. The zero-order valence-corrected chi connectivity index (χ0v) is 18.2. The maximum atomic E-state index is 14.1. The van der Waals surface area contributed by atoms with Gasteiger partial charge in [-0.3, -0.25) is 14.6 Å². The minimum Gasteiger partial charge on any atom is -0.462 e. The zero-order valence-electron chi connectivity index (χ0n) is 18.2. The summed E-state index contributed by atoms with van der Waals surface area (Å²) in [6.45, 7) is 2.25. The van der Waals surface area contributed by atoms with E-state index < -0.39 is 35.7 Å². The van der Waals surface area contributed by atoms with Crippen molar-refractivity contribution in [1.29, 1.82) is 0 Å². The summed E-state index contributed by atoms with van der Waals surface area (Å²) in [6, 6.07) is 19.7. The van der Waals surface area contributed by atoms with Gasteiger partial charge in [0, 0.05) is 25.0 Å². The van der Waals surface area contributed by atoms with Crippen LogP contribution < -0.4 is 0 Å². The second kappa shape index (κ2) is 11.1. The van der Waals surface area contributed by atoms with Gasteiger partial charge in [-0.25, -0.2) is 8.78 Å². The molecule has 0 saturated heterocycles. The van der Waals surface area contributed by atoms with E-state index in [0.717, 1.165) is 0 Å². The molecular formula is C26H23F2NO4. The SMILES string of the molecule is CC(=O)OC[C@@H](OC(C)=O)[C@@H](N=C(c1cccc(F)c1)c1cccc(F)c1)c1ccccc1.